The molecule has 0 unspecified atom stereocenters. The Morgan fingerprint density at radius 3 is 2.89 bits per heavy atom. The summed E-state index contributed by atoms with van der Waals surface area (Å²) in [5, 5.41) is 2.66. The Balaban J connectivity index is 2.11. The van der Waals surface area contributed by atoms with Gasteiger partial charge >= 0.3 is 0 Å². The molecule has 1 aromatic carbocycles. The van der Waals surface area contributed by atoms with Crippen molar-refractivity contribution >= 4 is 38.2 Å². The average Bonchev–Trinajstić information content (AvgIpc) is 2.79. The van der Waals surface area contributed by atoms with E-state index >= 15 is 0 Å². The highest BCUT2D eigenvalue weighted by molar-refractivity contribution is 9.10. The molecule has 0 aliphatic carbocycles. The van der Waals surface area contributed by atoms with E-state index in [1.165, 1.54) is 0 Å². The van der Waals surface area contributed by atoms with Gasteiger partial charge in [-0.05, 0) is 39.5 Å². The van der Waals surface area contributed by atoms with E-state index in [1.54, 1.807) is 22.2 Å². The van der Waals surface area contributed by atoms with Crippen molar-refractivity contribution in [1.29, 1.82) is 0 Å². The number of rotatable bonds is 2. The first-order valence-corrected chi connectivity index (χ1v) is 7.09. The smallest absolute Gasteiger partial charge is 0.261 e. The fourth-order valence-electron chi connectivity index (χ4n) is 1.81. The maximum Gasteiger partial charge on any atom is 0.261 e. The Morgan fingerprint density at radius 1 is 1.28 bits per heavy atom. The fourth-order valence-corrected chi connectivity index (χ4v) is 3.29. The monoisotopic (exact) mass is 320 g/mol. The molecule has 3 rings (SSSR count). The van der Waals surface area contributed by atoms with Gasteiger partial charge in [0.25, 0.3) is 5.56 Å². The molecule has 0 fully saturated rings. The Morgan fingerprint density at radius 2 is 2.11 bits per heavy atom. The third-order valence-electron chi connectivity index (χ3n) is 2.74. The van der Waals surface area contributed by atoms with Crippen LogP contribution in [0.2, 0.25) is 0 Å². The van der Waals surface area contributed by atoms with Crippen LogP contribution in [0.4, 0.5) is 0 Å². The lowest BCUT2D eigenvalue weighted by Gasteiger charge is -2.05. The van der Waals surface area contributed by atoms with Crippen molar-refractivity contribution in [2.75, 3.05) is 0 Å². The topological polar surface area (TPSA) is 34.9 Å². The van der Waals surface area contributed by atoms with Gasteiger partial charge in [-0.15, -0.1) is 11.3 Å². The van der Waals surface area contributed by atoms with Crippen LogP contribution in [0.3, 0.4) is 0 Å². The maximum atomic E-state index is 12.3. The number of halogens is 1. The predicted molar refractivity (Wildman–Crippen MR) is 77.1 cm³/mol. The number of benzene rings is 1. The first-order chi connectivity index (χ1) is 8.75. The number of fused-ring (bicyclic) bond motifs is 1. The highest BCUT2D eigenvalue weighted by Crippen LogP contribution is 2.23. The summed E-state index contributed by atoms with van der Waals surface area (Å²) in [6, 6.07) is 9.39. The molecule has 90 valence electrons. The number of thiophene rings is 1. The first kappa shape index (κ1) is 11.6. The summed E-state index contributed by atoms with van der Waals surface area (Å²) in [6.45, 7) is 0.551. The van der Waals surface area contributed by atoms with Crippen molar-refractivity contribution in [2.24, 2.45) is 0 Å². The van der Waals surface area contributed by atoms with E-state index in [0.717, 1.165) is 14.9 Å². The van der Waals surface area contributed by atoms with Crippen LogP contribution in [0.25, 0.3) is 10.9 Å². The Bertz CT molecular complexity index is 763. The zero-order chi connectivity index (χ0) is 12.5. The second-order valence-electron chi connectivity index (χ2n) is 3.89. The lowest BCUT2D eigenvalue weighted by molar-refractivity contribution is 0.756. The van der Waals surface area contributed by atoms with Crippen LogP contribution in [0.15, 0.2) is 51.3 Å². The molecule has 2 heterocycles. The number of hydrogen-bond donors (Lipinski definition) is 0. The van der Waals surface area contributed by atoms with Crippen molar-refractivity contribution in [3.8, 4) is 0 Å². The summed E-state index contributed by atoms with van der Waals surface area (Å²) >= 11 is 5.10. The van der Waals surface area contributed by atoms with Gasteiger partial charge in [-0.25, -0.2) is 4.98 Å². The maximum absolute atomic E-state index is 12.3. The number of para-hydroxylation sites is 1. The van der Waals surface area contributed by atoms with Crippen molar-refractivity contribution in [1.82, 2.24) is 9.55 Å². The van der Waals surface area contributed by atoms with Crippen LogP contribution in [-0.2, 0) is 6.54 Å². The molecule has 3 nitrogen and oxygen atoms in total. The van der Waals surface area contributed by atoms with Gasteiger partial charge in [0.15, 0.2) is 0 Å². The molecule has 0 amide bonds. The zero-order valence-electron chi connectivity index (χ0n) is 9.34. The molecular weight excluding hydrogens is 312 g/mol. The van der Waals surface area contributed by atoms with Gasteiger partial charge in [-0.3, -0.25) is 9.36 Å². The van der Waals surface area contributed by atoms with Crippen molar-refractivity contribution in [2.45, 2.75) is 6.54 Å². The van der Waals surface area contributed by atoms with E-state index in [9.17, 15) is 4.79 Å². The van der Waals surface area contributed by atoms with Crippen LogP contribution in [0.1, 0.15) is 4.88 Å². The molecule has 0 aliphatic rings. The van der Waals surface area contributed by atoms with Gasteiger partial charge in [-0.2, -0.15) is 0 Å². The summed E-state index contributed by atoms with van der Waals surface area (Å²) in [5.41, 5.74) is 0.741. The minimum absolute atomic E-state index is 0.000833. The highest BCUT2D eigenvalue weighted by Gasteiger charge is 2.06. The zero-order valence-corrected chi connectivity index (χ0v) is 11.7. The highest BCUT2D eigenvalue weighted by atomic mass is 79.9. The summed E-state index contributed by atoms with van der Waals surface area (Å²) in [6.07, 6.45) is 1.61. The lowest BCUT2D eigenvalue weighted by Crippen LogP contribution is -2.20. The minimum Gasteiger partial charge on any atom is -0.293 e. The van der Waals surface area contributed by atoms with Gasteiger partial charge in [0, 0.05) is 9.35 Å². The molecule has 0 saturated carbocycles. The number of nitrogens with zero attached hydrogens (tertiary/aromatic N) is 2. The lowest BCUT2D eigenvalue weighted by atomic mass is 10.2. The molecule has 0 spiro atoms. The van der Waals surface area contributed by atoms with Crippen molar-refractivity contribution < 1.29 is 0 Å². The van der Waals surface area contributed by atoms with Crippen LogP contribution >= 0.6 is 27.3 Å². The minimum atomic E-state index is 0.000833. The summed E-state index contributed by atoms with van der Waals surface area (Å²) in [7, 11) is 0. The molecule has 18 heavy (non-hydrogen) atoms. The molecule has 3 aromatic rings. The van der Waals surface area contributed by atoms with Gasteiger partial charge in [-0.1, -0.05) is 12.1 Å². The Hall–Kier alpha value is -1.46. The van der Waals surface area contributed by atoms with Gasteiger partial charge in [0.1, 0.15) is 0 Å². The summed E-state index contributed by atoms with van der Waals surface area (Å²) < 4.78 is 2.67. The Labute approximate surface area is 116 Å². The van der Waals surface area contributed by atoms with Crippen LogP contribution in [-0.4, -0.2) is 9.55 Å². The van der Waals surface area contributed by atoms with Gasteiger partial charge in [0.05, 0.1) is 23.8 Å². The van der Waals surface area contributed by atoms with Crippen LogP contribution in [0.5, 0.6) is 0 Å². The fraction of sp³-hybridized carbons (Fsp3) is 0.0769. The molecule has 0 saturated heterocycles. The van der Waals surface area contributed by atoms with Gasteiger partial charge in [0.2, 0.25) is 0 Å². The molecule has 0 atom stereocenters. The third-order valence-corrected chi connectivity index (χ3v) is 4.65. The SMILES string of the molecule is O=c1c2ccccc2ncn1Cc1sccc1Br. The normalized spacial score (nSPS) is 10.9. The quantitative estimate of drug-likeness (QED) is 0.726. The molecule has 0 radical (unpaired) electrons. The molecule has 2 aromatic heterocycles. The molecule has 5 heteroatoms. The van der Waals surface area contributed by atoms with Crippen LogP contribution in [0, 0.1) is 0 Å². The van der Waals surface area contributed by atoms with E-state index < -0.39 is 0 Å². The number of hydrogen-bond acceptors (Lipinski definition) is 3. The first-order valence-electron chi connectivity index (χ1n) is 5.42. The number of aromatic nitrogens is 2. The Kier molecular flexibility index (Phi) is 3.01. The van der Waals surface area contributed by atoms with E-state index in [2.05, 4.69) is 20.9 Å². The van der Waals surface area contributed by atoms with E-state index in [1.807, 2.05) is 35.7 Å². The summed E-state index contributed by atoms with van der Waals surface area (Å²) in [4.78, 5) is 17.7. The molecular formula is C13H9BrN2OS. The summed E-state index contributed by atoms with van der Waals surface area (Å²) in [5.74, 6) is 0. The average molecular weight is 321 g/mol. The molecule has 0 N–H and O–H groups in total. The van der Waals surface area contributed by atoms with E-state index in [-0.39, 0.29) is 5.56 Å². The standard InChI is InChI=1S/C13H9BrN2OS/c14-10-5-6-18-12(10)7-16-8-15-11-4-2-1-3-9(11)13(16)17/h1-6,8H,7H2. The van der Waals surface area contributed by atoms with Gasteiger partial charge < -0.3 is 0 Å². The van der Waals surface area contributed by atoms with Crippen LogP contribution < -0.4 is 5.56 Å². The van der Waals surface area contributed by atoms with E-state index in [0.29, 0.717) is 11.9 Å². The predicted octanol–water partition coefficient (Wildman–Crippen LogP) is 3.27. The largest absolute Gasteiger partial charge is 0.293 e. The second kappa shape index (κ2) is 4.66. The van der Waals surface area contributed by atoms with Crippen molar-refractivity contribution in [3.63, 3.8) is 0 Å². The van der Waals surface area contributed by atoms with Crippen molar-refractivity contribution in [3.05, 3.63) is 61.7 Å². The third kappa shape index (κ3) is 2.00. The van der Waals surface area contributed by atoms with E-state index in [4.69, 9.17) is 0 Å². The second-order valence-corrected chi connectivity index (χ2v) is 5.74. The molecule has 0 aliphatic heterocycles. The molecule has 0 bridgehead atoms.